The number of fused-ring (bicyclic) bond motifs is 1. The van der Waals surface area contributed by atoms with E-state index in [4.69, 9.17) is 0 Å². The lowest BCUT2D eigenvalue weighted by Crippen LogP contribution is -2.06. The third kappa shape index (κ3) is 3.42. The predicted molar refractivity (Wildman–Crippen MR) is 112 cm³/mol. The largest absolute Gasteiger partial charge is 0.318 e. The van der Waals surface area contributed by atoms with Crippen LogP contribution in [0.5, 0.6) is 0 Å². The van der Waals surface area contributed by atoms with Crippen LogP contribution < -0.4 is 0 Å². The summed E-state index contributed by atoms with van der Waals surface area (Å²) in [5, 5.41) is 3.88. The highest BCUT2D eigenvalue weighted by molar-refractivity contribution is 8.00. The molecule has 6 heteroatoms. The lowest BCUT2D eigenvalue weighted by Gasteiger charge is -2.10. The highest BCUT2D eigenvalue weighted by Crippen LogP contribution is 2.29. The third-order valence-electron chi connectivity index (χ3n) is 4.59. The molecule has 0 spiro atoms. The standard InChI is InChI=1S/C21H19N3OS2/c1-13-4-6-16(7-5-13)24-14(2)10-18(15(24)3)19(25)11-27-21-17-8-9-26-20(17)22-12-23-21/h4-10,12H,11H2,1-3H3. The number of hydrogen-bond acceptors (Lipinski definition) is 5. The van der Waals surface area contributed by atoms with Gasteiger partial charge >= 0.3 is 0 Å². The lowest BCUT2D eigenvalue weighted by atomic mass is 10.2. The Kier molecular flexibility index (Phi) is 4.85. The maximum absolute atomic E-state index is 12.9. The Balaban J connectivity index is 1.58. The molecule has 0 aliphatic rings. The van der Waals surface area contributed by atoms with Crippen molar-refractivity contribution in [3.8, 4) is 5.69 Å². The molecule has 27 heavy (non-hydrogen) atoms. The summed E-state index contributed by atoms with van der Waals surface area (Å²) in [5.74, 6) is 0.480. The number of ketones is 1. The molecular formula is C21H19N3OS2. The predicted octanol–water partition coefficient (Wildman–Crippen LogP) is 5.38. The van der Waals surface area contributed by atoms with Crippen molar-refractivity contribution >= 4 is 39.1 Å². The van der Waals surface area contributed by atoms with Crippen LogP contribution in [0.15, 0.2) is 53.1 Å². The van der Waals surface area contributed by atoms with Gasteiger partial charge in [0, 0.05) is 28.0 Å². The van der Waals surface area contributed by atoms with E-state index < -0.39 is 0 Å². The van der Waals surface area contributed by atoms with Crippen LogP contribution in [0.25, 0.3) is 15.9 Å². The van der Waals surface area contributed by atoms with Crippen LogP contribution in [-0.4, -0.2) is 26.1 Å². The van der Waals surface area contributed by atoms with Gasteiger partial charge < -0.3 is 4.57 Å². The van der Waals surface area contributed by atoms with E-state index in [0.717, 1.165) is 37.9 Å². The number of aromatic nitrogens is 3. The van der Waals surface area contributed by atoms with Crippen LogP contribution in [0.3, 0.4) is 0 Å². The van der Waals surface area contributed by atoms with Crippen LogP contribution in [0, 0.1) is 20.8 Å². The topological polar surface area (TPSA) is 47.8 Å². The number of aryl methyl sites for hydroxylation is 2. The quantitative estimate of drug-likeness (QED) is 0.259. The Bertz CT molecular complexity index is 1130. The summed E-state index contributed by atoms with van der Waals surface area (Å²) >= 11 is 3.06. The Morgan fingerprint density at radius 3 is 2.67 bits per heavy atom. The van der Waals surface area contributed by atoms with E-state index in [0.29, 0.717) is 5.75 Å². The molecule has 0 atom stereocenters. The molecule has 4 nitrogen and oxygen atoms in total. The number of hydrogen-bond donors (Lipinski definition) is 0. The summed E-state index contributed by atoms with van der Waals surface area (Å²) in [6, 6.07) is 12.4. The van der Waals surface area contributed by atoms with Crippen LogP contribution in [0.2, 0.25) is 0 Å². The summed E-state index contributed by atoms with van der Waals surface area (Å²) in [7, 11) is 0. The van der Waals surface area contributed by atoms with Crippen LogP contribution in [-0.2, 0) is 0 Å². The second-order valence-electron chi connectivity index (χ2n) is 6.49. The minimum atomic E-state index is 0.119. The number of thioether (sulfide) groups is 1. The highest BCUT2D eigenvalue weighted by atomic mass is 32.2. The molecule has 0 amide bonds. The zero-order valence-corrected chi connectivity index (χ0v) is 17.0. The van der Waals surface area contributed by atoms with E-state index in [1.807, 2.05) is 31.4 Å². The van der Waals surface area contributed by atoms with Crippen molar-refractivity contribution in [1.29, 1.82) is 0 Å². The lowest BCUT2D eigenvalue weighted by molar-refractivity contribution is 0.102. The van der Waals surface area contributed by atoms with Gasteiger partial charge in [-0.15, -0.1) is 11.3 Å². The minimum Gasteiger partial charge on any atom is -0.318 e. The van der Waals surface area contributed by atoms with E-state index >= 15 is 0 Å². The highest BCUT2D eigenvalue weighted by Gasteiger charge is 2.17. The molecule has 0 radical (unpaired) electrons. The van der Waals surface area contributed by atoms with E-state index in [2.05, 4.69) is 45.7 Å². The fourth-order valence-corrected chi connectivity index (χ4v) is 4.89. The second-order valence-corrected chi connectivity index (χ2v) is 8.34. The number of nitrogens with zero attached hydrogens (tertiary/aromatic N) is 3. The van der Waals surface area contributed by atoms with E-state index in [-0.39, 0.29) is 5.78 Å². The first-order valence-corrected chi connectivity index (χ1v) is 10.5. The minimum absolute atomic E-state index is 0.119. The molecule has 0 saturated heterocycles. The van der Waals surface area contributed by atoms with Crippen molar-refractivity contribution in [1.82, 2.24) is 14.5 Å². The molecule has 0 unspecified atom stereocenters. The molecule has 0 fully saturated rings. The van der Waals surface area contributed by atoms with Gasteiger partial charge in [-0.3, -0.25) is 4.79 Å². The Morgan fingerprint density at radius 1 is 1.11 bits per heavy atom. The maximum Gasteiger partial charge on any atom is 0.174 e. The number of thiophene rings is 1. The van der Waals surface area contributed by atoms with Crippen molar-refractivity contribution < 1.29 is 4.79 Å². The third-order valence-corrected chi connectivity index (χ3v) is 6.41. The second kappa shape index (κ2) is 7.29. The van der Waals surface area contributed by atoms with Crippen molar-refractivity contribution in [2.75, 3.05) is 5.75 Å². The smallest absolute Gasteiger partial charge is 0.174 e. The summed E-state index contributed by atoms with van der Waals surface area (Å²) in [5.41, 5.74) is 5.12. The normalized spacial score (nSPS) is 11.2. The molecule has 4 aromatic rings. The van der Waals surface area contributed by atoms with Crippen LogP contribution in [0.4, 0.5) is 0 Å². The number of Topliss-reactive ketones (excluding diaryl/α,β-unsaturated/α-hetero) is 1. The zero-order valence-electron chi connectivity index (χ0n) is 15.4. The fraction of sp³-hybridized carbons (Fsp3) is 0.190. The van der Waals surface area contributed by atoms with Gasteiger partial charge in [0.05, 0.1) is 5.75 Å². The summed E-state index contributed by atoms with van der Waals surface area (Å²) < 4.78 is 2.14. The molecule has 0 saturated carbocycles. The van der Waals surface area contributed by atoms with Crippen molar-refractivity contribution in [2.45, 2.75) is 25.8 Å². The van der Waals surface area contributed by atoms with E-state index in [9.17, 15) is 4.79 Å². The number of carbonyl (C=O) groups excluding carboxylic acids is 1. The van der Waals surface area contributed by atoms with E-state index in [1.165, 1.54) is 17.3 Å². The molecule has 0 bridgehead atoms. The van der Waals surface area contributed by atoms with Gasteiger partial charge in [-0.05, 0) is 50.4 Å². The van der Waals surface area contributed by atoms with Gasteiger partial charge in [0.15, 0.2) is 5.78 Å². The SMILES string of the molecule is Cc1ccc(-n2c(C)cc(C(=O)CSc3ncnc4sccc34)c2C)cc1. The first-order chi connectivity index (χ1) is 13.0. The monoisotopic (exact) mass is 393 g/mol. The Morgan fingerprint density at radius 2 is 1.89 bits per heavy atom. The van der Waals surface area contributed by atoms with Crippen LogP contribution in [0.1, 0.15) is 27.3 Å². The molecule has 0 N–H and O–H groups in total. The zero-order chi connectivity index (χ0) is 19.0. The van der Waals surface area contributed by atoms with Crippen molar-refractivity contribution in [2.24, 2.45) is 0 Å². The van der Waals surface area contributed by atoms with Crippen molar-refractivity contribution in [3.05, 3.63) is 70.6 Å². The molecule has 0 aliphatic heterocycles. The molecule has 3 aromatic heterocycles. The van der Waals surface area contributed by atoms with E-state index in [1.54, 1.807) is 17.7 Å². The molecule has 3 heterocycles. The number of rotatable bonds is 5. The fourth-order valence-electron chi connectivity index (χ4n) is 3.23. The van der Waals surface area contributed by atoms with Gasteiger partial charge in [-0.1, -0.05) is 29.5 Å². The van der Waals surface area contributed by atoms with Gasteiger partial charge in [-0.25, -0.2) is 9.97 Å². The summed E-state index contributed by atoms with van der Waals surface area (Å²) in [4.78, 5) is 22.5. The van der Waals surface area contributed by atoms with Gasteiger partial charge in [0.2, 0.25) is 0 Å². The Labute approximate surface area is 166 Å². The van der Waals surface area contributed by atoms with Gasteiger partial charge in [0.1, 0.15) is 16.2 Å². The number of benzene rings is 1. The molecule has 1 aromatic carbocycles. The van der Waals surface area contributed by atoms with Gasteiger partial charge in [-0.2, -0.15) is 0 Å². The van der Waals surface area contributed by atoms with Gasteiger partial charge in [0.25, 0.3) is 0 Å². The van der Waals surface area contributed by atoms with Crippen LogP contribution >= 0.6 is 23.1 Å². The summed E-state index contributed by atoms with van der Waals surface area (Å²) in [6.07, 6.45) is 1.56. The first kappa shape index (κ1) is 17.9. The molecule has 4 rings (SSSR count). The molecule has 0 aliphatic carbocycles. The maximum atomic E-state index is 12.9. The summed E-state index contributed by atoms with van der Waals surface area (Å²) in [6.45, 7) is 6.12. The average molecular weight is 394 g/mol. The average Bonchev–Trinajstić information content (AvgIpc) is 3.25. The Hall–Kier alpha value is -2.44. The first-order valence-electron chi connectivity index (χ1n) is 8.65. The number of carbonyl (C=O) groups is 1. The molecular weight excluding hydrogens is 374 g/mol. The molecule has 136 valence electrons. The van der Waals surface area contributed by atoms with Crippen molar-refractivity contribution in [3.63, 3.8) is 0 Å².